The second-order valence-corrected chi connectivity index (χ2v) is 8.32. The largest absolute Gasteiger partial charge is 0.382 e. The van der Waals surface area contributed by atoms with E-state index in [0.717, 1.165) is 11.2 Å². The molecule has 30 heavy (non-hydrogen) atoms. The molecule has 1 amide bonds. The average Bonchev–Trinajstić information content (AvgIpc) is 3.09. The van der Waals surface area contributed by atoms with E-state index < -0.39 is 0 Å². The van der Waals surface area contributed by atoms with Gasteiger partial charge in [0.05, 0.1) is 39.9 Å². The lowest BCUT2D eigenvalue weighted by atomic mass is 10.0. The van der Waals surface area contributed by atoms with Gasteiger partial charge in [0.1, 0.15) is 6.07 Å². The number of carbonyl (C=O) groups excluding carboxylic acids is 1. The molecule has 4 N–H and O–H groups in total. The van der Waals surface area contributed by atoms with Gasteiger partial charge in [-0.3, -0.25) is 9.78 Å². The van der Waals surface area contributed by atoms with E-state index in [9.17, 15) is 4.79 Å². The van der Waals surface area contributed by atoms with E-state index in [1.807, 2.05) is 45.9 Å². The molecule has 0 saturated heterocycles. The topological polar surface area (TPSA) is 121 Å². The fourth-order valence-corrected chi connectivity index (χ4v) is 3.05. The highest BCUT2D eigenvalue weighted by molar-refractivity contribution is 6.00. The number of amides is 1. The summed E-state index contributed by atoms with van der Waals surface area (Å²) in [4.78, 5) is 17.2. The number of anilines is 1. The number of carbonyl (C=O) groups is 1. The summed E-state index contributed by atoms with van der Waals surface area (Å²) in [6.45, 7) is 8.36. The number of rotatable bonds is 7. The molecule has 0 bridgehead atoms. The highest BCUT2D eigenvalue weighted by atomic mass is 16.1. The smallest absolute Gasteiger partial charge is 0.254 e. The highest BCUT2D eigenvalue weighted by Crippen LogP contribution is 2.26. The molecule has 8 heteroatoms. The van der Waals surface area contributed by atoms with E-state index in [4.69, 9.17) is 11.0 Å². The first kappa shape index (κ1) is 21.3. The SMILES string of the molecule is CC(C)Nc1cc(-c2ccc3cc(C#N)cnn23)ncc1C(=O)NCCC(C)(C)N. The summed E-state index contributed by atoms with van der Waals surface area (Å²) < 4.78 is 1.73. The van der Waals surface area contributed by atoms with Crippen molar-refractivity contribution in [2.75, 3.05) is 11.9 Å². The van der Waals surface area contributed by atoms with Gasteiger partial charge < -0.3 is 16.4 Å². The Labute approximate surface area is 176 Å². The second kappa shape index (κ2) is 8.51. The van der Waals surface area contributed by atoms with Crippen LogP contribution >= 0.6 is 0 Å². The third-order valence-corrected chi connectivity index (χ3v) is 4.54. The minimum atomic E-state index is -0.344. The number of hydrogen-bond acceptors (Lipinski definition) is 6. The van der Waals surface area contributed by atoms with E-state index in [1.165, 1.54) is 6.20 Å². The molecule has 0 aliphatic rings. The predicted molar refractivity (Wildman–Crippen MR) is 117 cm³/mol. The molecule has 0 fully saturated rings. The number of pyridine rings is 1. The van der Waals surface area contributed by atoms with E-state index in [1.54, 1.807) is 16.8 Å². The van der Waals surface area contributed by atoms with Gasteiger partial charge in [-0.1, -0.05) is 0 Å². The Morgan fingerprint density at radius 3 is 2.73 bits per heavy atom. The van der Waals surface area contributed by atoms with Gasteiger partial charge in [0.15, 0.2) is 0 Å². The summed E-state index contributed by atoms with van der Waals surface area (Å²) >= 11 is 0. The summed E-state index contributed by atoms with van der Waals surface area (Å²) in [7, 11) is 0. The van der Waals surface area contributed by atoms with Crippen LogP contribution in [0.5, 0.6) is 0 Å². The van der Waals surface area contributed by atoms with Crippen LogP contribution in [0.1, 0.15) is 50.0 Å². The second-order valence-electron chi connectivity index (χ2n) is 8.32. The van der Waals surface area contributed by atoms with Gasteiger partial charge in [-0.25, -0.2) is 4.52 Å². The van der Waals surface area contributed by atoms with Gasteiger partial charge in [0.2, 0.25) is 0 Å². The van der Waals surface area contributed by atoms with Gasteiger partial charge in [-0.15, -0.1) is 0 Å². The maximum Gasteiger partial charge on any atom is 0.254 e. The predicted octanol–water partition coefficient (Wildman–Crippen LogP) is 2.95. The first-order chi connectivity index (χ1) is 14.2. The molecule has 156 valence electrons. The zero-order valence-corrected chi connectivity index (χ0v) is 17.7. The van der Waals surface area contributed by atoms with Crippen molar-refractivity contribution in [3.8, 4) is 17.5 Å². The lowest BCUT2D eigenvalue weighted by molar-refractivity contribution is 0.0952. The number of aromatic nitrogens is 3. The molecular weight excluding hydrogens is 378 g/mol. The molecule has 3 aromatic heterocycles. The van der Waals surface area contributed by atoms with Crippen LogP contribution in [0.2, 0.25) is 0 Å². The Bertz CT molecular complexity index is 1100. The standard InChI is InChI=1S/C22H27N7O/c1-14(2)28-18-10-19(20-6-5-16-9-15(11-23)12-27-29(16)20)26-13-17(18)21(30)25-8-7-22(3,4)24/h5-6,9-10,12-14H,7-8,24H2,1-4H3,(H,25,30)(H,26,28). The fourth-order valence-electron chi connectivity index (χ4n) is 3.05. The van der Waals surface area contributed by atoms with Crippen molar-refractivity contribution in [1.82, 2.24) is 19.9 Å². The maximum absolute atomic E-state index is 12.7. The molecule has 0 atom stereocenters. The summed E-state index contributed by atoms with van der Waals surface area (Å²) in [6.07, 6.45) is 3.76. The maximum atomic E-state index is 12.7. The summed E-state index contributed by atoms with van der Waals surface area (Å²) in [6, 6.07) is 9.63. The van der Waals surface area contributed by atoms with E-state index >= 15 is 0 Å². The van der Waals surface area contributed by atoms with Crippen molar-refractivity contribution in [1.29, 1.82) is 5.26 Å². The first-order valence-corrected chi connectivity index (χ1v) is 9.90. The van der Waals surface area contributed by atoms with Crippen molar-refractivity contribution < 1.29 is 4.79 Å². The van der Waals surface area contributed by atoms with Gasteiger partial charge >= 0.3 is 0 Å². The number of nitrogens with two attached hydrogens (primary N) is 1. The molecule has 3 rings (SSSR count). The number of nitrogens with zero attached hydrogens (tertiary/aromatic N) is 4. The van der Waals surface area contributed by atoms with Crippen LogP contribution in [0.25, 0.3) is 16.9 Å². The molecule has 0 saturated carbocycles. The zero-order valence-electron chi connectivity index (χ0n) is 17.7. The average molecular weight is 406 g/mol. The van der Waals surface area contributed by atoms with Crippen LogP contribution < -0.4 is 16.4 Å². The molecule has 0 unspecified atom stereocenters. The molecule has 3 heterocycles. The molecule has 8 nitrogen and oxygen atoms in total. The Morgan fingerprint density at radius 1 is 1.30 bits per heavy atom. The first-order valence-electron chi connectivity index (χ1n) is 9.90. The normalized spacial score (nSPS) is 11.5. The van der Waals surface area contributed by atoms with Gasteiger partial charge in [0.25, 0.3) is 5.91 Å². The van der Waals surface area contributed by atoms with Crippen molar-refractivity contribution in [3.05, 3.63) is 47.8 Å². The quantitative estimate of drug-likeness (QED) is 0.556. The molecule has 3 aromatic rings. The van der Waals surface area contributed by atoms with E-state index in [0.29, 0.717) is 35.5 Å². The summed E-state index contributed by atoms with van der Waals surface area (Å²) in [5.74, 6) is -0.196. The van der Waals surface area contributed by atoms with Crippen molar-refractivity contribution in [2.45, 2.75) is 45.7 Å². The van der Waals surface area contributed by atoms with Crippen LogP contribution in [0.3, 0.4) is 0 Å². The molecule has 0 spiro atoms. The third-order valence-electron chi connectivity index (χ3n) is 4.54. The van der Waals surface area contributed by atoms with Crippen LogP contribution in [-0.2, 0) is 0 Å². The van der Waals surface area contributed by atoms with Crippen LogP contribution in [-0.4, -0.2) is 38.6 Å². The molecule has 0 radical (unpaired) electrons. The Balaban J connectivity index is 1.93. The monoisotopic (exact) mass is 405 g/mol. The Kier molecular flexibility index (Phi) is 6.04. The zero-order chi connectivity index (χ0) is 21.9. The van der Waals surface area contributed by atoms with Crippen LogP contribution in [0.15, 0.2) is 36.7 Å². The van der Waals surface area contributed by atoms with Crippen LogP contribution in [0.4, 0.5) is 5.69 Å². The molecular formula is C22H27N7O. The third kappa shape index (κ3) is 4.93. The number of nitrogens with one attached hydrogen (secondary N) is 2. The van der Waals surface area contributed by atoms with Gasteiger partial charge in [-0.2, -0.15) is 10.4 Å². The lowest BCUT2D eigenvalue weighted by Crippen LogP contribution is -2.37. The van der Waals surface area contributed by atoms with Crippen molar-refractivity contribution >= 4 is 17.1 Å². The van der Waals surface area contributed by atoms with Gasteiger partial charge in [-0.05, 0) is 58.4 Å². The van der Waals surface area contributed by atoms with Crippen molar-refractivity contribution in [3.63, 3.8) is 0 Å². The number of hydrogen-bond donors (Lipinski definition) is 3. The van der Waals surface area contributed by atoms with Crippen LogP contribution in [0, 0.1) is 11.3 Å². The number of fused-ring (bicyclic) bond motifs is 1. The number of nitriles is 1. The molecule has 0 aliphatic carbocycles. The highest BCUT2D eigenvalue weighted by Gasteiger charge is 2.17. The van der Waals surface area contributed by atoms with E-state index in [-0.39, 0.29) is 17.5 Å². The minimum absolute atomic E-state index is 0.134. The molecule has 0 aliphatic heterocycles. The molecule has 0 aromatic carbocycles. The lowest BCUT2D eigenvalue weighted by Gasteiger charge is -2.19. The fraction of sp³-hybridized carbons (Fsp3) is 0.364. The van der Waals surface area contributed by atoms with Gasteiger partial charge in [0, 0.05) is 24.3 Å². The minimum Gasteiger partial charge on any atom is -0.382 e. The van der Waals surface area contributed by atoms with E-state index in [2.05, 4.69) is 26.8 Å². The Hall–Kier alpha value is -3.44. The Morgan fingerprint density at radius 2 is 2.07 bits per heavy atom. The van der Waals surface area contributed by atoms with Crippen molar-refractivity contribution in [2.24, 2.45) is 5.73 Å². The summed E-state index contributed by atoms with van der Waals surface area (Å²) in [5.41, 5.74) is 9.57. The summed E-state index contributed by atoms with van der Waals surface area (Å²) in [5, 5.41) is 19.7.